The summed E-state index contributed by atoms with van der Waals surface area (Å²) in [5.41, 5.74) is 0.423. The van der Waals surface area contributed by atoms with Gasteiger partial charge in [-0.25, -0.2) is 4.98 Å². The maximum Gasteiger partial charge on any atom is 0.270 e. The highest BCUT2D eigenvalue weighted by molar-refractivity contribution is 6.04. The molecule has 2 N–H and O–H groups in total. The molecule has 1 aromatic heterocycles. The molecule has 20 heavy (non-hydrogen) atoms. The number of hydrogen-bond acceptors (Lipinski definition) is 5. The number of aliphatic hydroxyl groups excluding tert-OH is 1. The number of benzene rings is 1. The largest absolute Gasteiger partial charge is 0.390 e. The minimum Gasteiger partial charge on any atom is -0.390 e. The number of hydrogen-bond donors (Lipinski definition) is 2. The molecule has 102 valence electrons. The van der Waals surface area contributed by atoms with Crippen molar-refractivity contribution in [1.29, 1.82) is 0 Å². The number of amides is 1. The third-order valence-electron chi connectivity index (χ3n) is 2.53. The van der Waals surface area contributed by atoms with E-state index >= 15 is 0 Å². The Morgan fingerprint density at radius 2 is 2.05 bits per heavy atom. The van der Waals surface area contributed by atoms with Crippen molar-refractivity contribution in [3.8, 4) is 0 Å². The molecule has 2 rings (SSSR count). The summed E-state index contributed by atoms with van der Waals surface area (Å²) in [5, 5.41) is 22.1. The van der Waals surface area contributed by atoms with Crippen molar-refractivity contribution in [2.24, 2.45) is 0 Å². The van der Waals surface area contributed by atoms with Crippen LogP contribution in [0.2, 0.25) is 0 Å². The van der Waals surface area contributed by atoms with Gasteiger partial charge in [0.05, 0.1) is 17.2 Å². The molecule has 0 aliphatic heterocycles. The second-order valence-electron chi connectivity index (χ2n) is 3.93. The first kappa shape index (κ1) is 13.6. The van der Waals surface area contributed by atoms with Gasteiger partial charge < -0.3 is 10.4 Å². The highest BCUT2D eigenvalue weighted by Gasteiger charge is 2.12. The number of nitro groups is 1. The highest BCUT2D eigenvalue weighted by atomic mass is 16.6. The molecule has 0 saturated heterocycles. The van der Waals surface area contributed by atoms with Crippen LogP contribution in [0.4, 0.5) is 11.5 Å². The van der Waals surface area contributed by atoms with E-state index in [0.717, 1.165) is 0 Å². The van der Waals surface area contributed by atoms with Crippen molar-refractivity contribution in [2.45, 2.75) is 6.61 Å². The molecule has 0 aliphatic carbocycles. The number of nitrogens with zero attached hydrogens (tertiary/aromatic N) is 2. The van der Waals surface area contributed by atoms with E-state index in [1.165, 1.54) is 24.3 Å². The minimum absolute atomic E-state index is 0.158. The normalized spacial score (nSPS) is 10.1. The molecule has 0 radical (unpaired) electrons. The van der Waals surface area contributed by atoms with Crippen molar-refractivity contribution < 1.29 is 14.8 Å². The zero-order valence-corrected chi connectivity index (χ0v) is 10.3. The zero-order valence-electron chi connectivity index (χ0n) is 10.3. The number of nitro benzene ring substituents is 1. The molecular weight excluding hydrogens is 262 g/mol. The van der Waals surface area contributed by atoms with E-state index in [1.54, 1.807) is 18.2 Å². The van der Waals surface area contributed by atoms with Crippen molar-refractivity contribution in [2.75, 3.05) is 5.32 Å². The Morgan fingerprint density at radius 1 is 1.30 bits per heavy atom. The van der Waals surface area contributed by atoms with Crippen LogP contribution in [0.1, 0.15) is 16.1 Å². The highest BCUT2D eigenvalue weighted by Crippen LogP contribution is 2.14. The Bertz CT molecular complexity index is 658. The average Bonchev–Trinajstić information content (AvgIpc) is 2.47. The Labute approximate surface area is 114 Å². The summed E-state index contributed by atoms with van der Waals surface area (Å²) in [7, 11) is 0. The predicted molar refractivity (Wildman–Crippen MR) is 71.2 cm³/mol. The van der Waals surface area contributed by atoms with Crippen LogP contribution in [0.5, 0.6) is 0 Å². The quantitative estimate of drug-likeness (QED) is 0.652. The van der Waals surface area contributed by atoms with Crippen molar-refractivity contribution >= 4 is 17.4 Å². The second kappa shape index (κ2) is 5.89. The number of carbonyl (C=O) groups is 1. The van der Waals surface area contributed by atoms with Gasteiger partial charge in [-0.2, -0.15) is 0 Å². The third kappa shape index (κ3) is 3.15. The van der Waals surface area contributed by atoms with E-state index in [-0.39, 0.29) is 23.7 Å². The van der Waals surface area contributed by atoms with E-state index in [0.29, 0.717) is 5.69 Å². The predicted octanol–water partition coefficient (Wildman–Crippen LogP) is 1.73. The van der Waals surface area contributed by atoms with Crippen molar-refractivity contribution in [3.63, 3.8) is 0 Å². The van der Waals surface area contributed by atoms with Gasteiger partial charge in [-0.1, -0.05) is 12.1 Å². The van der Waals surface area contributed by atoms with Crippen LogP contribution in [-0.4, -0.2) is 20.9 Å². The molecule has 0 spiro atoms. The summed E-state index contributed by atoms with van der Waals surface area (Å²) < 4.78 is 0. The van der Waals surface area contributed by atoms with Crippen molar-refractivity contribution in [3.05, 3.63) is 63.8 Å². The number of pyridine rings is 1. The Kier molecular flexibility index (Phi) is 4.02. The van der Waals surface area contributed by atoms with E-state index in [9.17, 15) is 14.9 Å². The summed E-state index contributed by atoms with van der Waals surface area (Å²) in [4.78, 5) is 26.0. The van der Waals surface area contributed by atoms with Crippen molar-refractivity contribution in [1.82, 2.24) is 4.98 Å². The fraction of sp³-hybridized carbons (Fsp3) is 0.0769. The maximum atomic E-state index is 12.0. The molecule has 7 nitrogen and oxygen atoms in total. The van der Waals surface area contributed by atoms with E-state index in [2.05, 4.69) is 10.3 Å². The molecule has 2 aromatic rings. The summed E-state index contributed by atoms with van der Waals surface area (Å²) in [6.45, 7) is -0.236. The number of non-ortho nitro benzene ring substituents is 1. The van der Waals surface area contributed by atoms with Gasteiger partial charge in [-0.05, 0) is 18.2 Å². The first-order valence-electron chi connectivity index (χ1n) is 5.73. The first-order chi connectivity index (χ1) is 9.60. The lowest BCUT2D eigenvalue weighted by atomic mass is 10.2. The molecule has 0 saturated carbocycles. The lowest BCUT2D eigenvalue weighted by Gasteiger charge is -2.05. The number of carbonyl (C=O) groups excluding carboxylic acids is 1. The topological polar surface area (TPSA) is 105 Å². The summed E-state index contributed by atoms with van der Waals surface area (Å²) in [5.74, 6) is -0.232. The number of aromatic nitrogens is 1. The number of aliphatic hydroxyl groups is 1. The lowest BCUT2D eigenvalue weighted by molar-refractivity contribution is -0.384. The number of rotatable bonds is 4. The molecule has 1 amide bonds. The van der Waals surface area contributed by atoms with Crippen LogP contribution in [0.15, 0.2) is 42.5 Å². The van der Waals surface area contributed by atoms with Gasteiger partial charge in [0.25, 0.3) is 11.6 Å². The first-order valence-corrected chi connectivity index (χ1v) is 5.73. The molecule has 7 heteroatoms. The Balaban J connectivity index is 2.19. The lowest BCUT2D eigenvalue weighted by Crippen LogP contribution is -2.13. The molecule has 1 heterocycles. The number of nitrogens with one attached hydrogen (secondary N) is 1. The Hall–Kier alpha value is -2.80. The van der Waals surface area contributed by atoms with Crippen LogP contribution in [0.25, 0.3) is 0 Å². The smallest absolute Gasteiger partial charge is 0.270 e. The molecule has 0 fully saturated rings. The van der Waals surface area contributed by atoms with Gasteiger partial charge in [-0.3, -0.25) is 14.9 Å². The van der Waals surface area contributed by atoms with E-state index in [1.807, 2.05) is 0 Å². The summed E-state index contributed by atoms with van der Waals surface area (Å²) in [6, 6.07) is 10.2. The molecule has 0 atom stereocenters. The number of anilines is 1. The fourth-order valence-electron chi connectivity index (χ4n) is 1.59. The standard InChI is InChI=1S/C13H11N3O4/c17-8-10-4-2-6-12(14-10)15-13(18)9-3-1-5-11(7-9)16(19)20/h1-7,17H,8H2,(H,14,15,18). The minimum atomic E-state index is -0.568. The second-order valence-corrected chi connectivity index (χ2v) is 3.93. The summed E-state index contributed by atoms with van der Waals surface area (Å²) >= 11 is 0. The van der Waals surface area contributed by atoms with Crippen LogP contribution in [0, 0.1) is 10.1 Å². The fourth-order valence-corrected chi connectivity index (χ4v) is 1.59. The van der Waals surface area contributed by atoms with Crippen LogP contribution in [-0.2, 0) is 6.61 Å². The average molecular weight is 273 g/mol. The molecular formula is C13H11N3O4. The van der Waals surface area contributed by atoms with Crippen LogP contribution in [0.3, 0.4) is 0 Å². The monoisotopic (exact) mass is 273 g/mol. The van der Waals surface area contributed by atoms with Crippen LogP contribution >= 0.6 is 0 Å². The Morgan fingerprint density at radius 3 is 2.75 bits per heavy atom. The SMILES string of the molecule is O=C(Nc1cccc(CO)n1)c1cccc([N+](=O)[O-])c1. The van der Waals surface area contributed by atoms with Gasteiger partial charge in [0.15, 0.2) is 0 Å². The van der Waals surface area contributed by atoms with Gasteiger partial charge in [0.2, 0.25) is 0 Å². The summed E-state index contributed by atoms with van der Waals surface area (Å²) in [6.07, 6.45) is 0. The van der Waals surface area contributed by atoms with Gasteiger partial charge >= 0.3 is 0 Å². The van der Waals surface area contributed by atoms with Gasteiger partial charge in [0, 0.05) is 17.7 Å². The van der Waals surface area contributed by atoms with Gasteiger partial charge in [0.1, 0.15) is 5.82 Å². The maximum absolute atomic E-state index is 12.0. The zero-order chi connectivity index (χ0) is 14.5. The van der Waals surface area contributed by atoms with Crippen LogP contribution < -0.4 is 5.32 Å². The molecule has 1 aromatic carbocycles. The molecule has 0 bridgehead atoms. The van der Waals surface area contributed by atoms with E-state index in [4.69, 9.17) is 5.11 Å². The van der Waals surface area contributed by atoms with E-state index < -0.39 is 10.8 Å². The third-order valence-corrected chi connectivity index (χ3v) is 2.53. The van der Waals surface area contributed by atoms with Gasteiger partial charge in [-0.15, -0.1) is 0 Å². The molecule has 0 unspecified atom stereocenters. The molecule has 0 aliphatic rings.